The Kier molecular flexibility index (Phi) is 5.49. The van der Waals surface area contributed by atoms with Gasteiger partial charge in [0.15, 0.2) is 0 Å². The van der Waals surface area contributed by atoms with E-state index in [1.807, 2.05) is 18.2 Å². The summed E-state index contributed by atoms with van der Waals surface area (Å²) in [6.45, 7) is 0.681. The Morgan fingerprint density at radius 1 is 1.44 bits per heavy atom. The van der Waals surface area contributed by atoms with Crippen molar-refractivity contribution < 1.29 is 9.53 Å². The Bertz CT molecular complexity index is 355. The van der Waals surface area contributed by atoms with Gasteiger partial charge in [0, 0.05) is 7.11 Å². The van der Waals surface area contributed by atoms with Crippen LogP contribution in [-0.2, 0) is 22.4 Å². The predicted molar refractivity (Wildman–Crippen MR) is 67.6 cm³/mol. The Balaban J connectivity index is 2.74. The van der Waals surface area contributed by atoms with Crippen molar-refractivity contribution in [2.45, 2.75) is 17.7 Å². The first-order valence-corrected chi connectivity index (χ1v) is 6.05. The smallest absolute Gasteiger partial charge is 0.231 e. The number of rotatable bonds is 6. The van der Waals surface area contributed by atoms with Crippen LogP contribution in [0, 0.1) is 0 Å². The predicted octanol–water partition coefficient (Wildman–Crippen LogP) is 1.67. The number of carbonyl (C=O) groups excluding carboxylic acids is 1. The average molecular weight is 286 g/mol. The van der Waals surface area contributed by atoms with Crippen LogP contribution in [0.25, 0.3) is 0 Å². The summed E-state index contributed by atoms with van der Waals surface area (Å²) >= 11 is 3.28. The van der Waals surface area contributed by atoms with Gasteiger partial charge in [0.25, 0.3) is 0 Å². The number of primary amides is 1. The molecule has 0 heterocycles. The summed E-state index contributed by atoms with van der Waals surface area (Å²) in [7, 11) is 1.68. The Hall–Kier alpha value is -0.870. The van der Waals surface area contributed by atoms with Crippen molar-refractivity contribution >= 4 is 21.8 Å². The summed E-state index contributed by atoms with van der Waals surface area (Å²) in [6, 6.07) is 8.02. The fourth-order valence-electron chi connectivity index (χ4n) is 1.51. The normalized spacial score (nSPS) is 12.4. The number of hydrogen-bond donors (Lipinski definition) is 1. The highest BCUT2D eigenvalue weighted by molar-refractivity contribution is 9.10. The molecule has 0 aliphatic heterocycles. The van der Waals surface area contributed by atoms with E-state index in [-0.39, 0.29) is 10.7 Å². The summed E-state index contributed by atoms with van der Waals surface area (Å²) in [5, 5.41) is 0. The van der Waals surface area contributed by atoms with Crippen molar-refractivity contribution in [3.63, 3.8) is 0 Å². The van der Waals surface area contributed by atoms with Crippen molar-refractivity contribution in [2.24, 2.45) is 5.73 Å². The third kappa shape index (κ3) is 3.94. The molecule has 0 fully saturated rings. The molecule has 0 saturated carbocycles. The number of methoxy groups -OCH3 is 1. The molecule has 0 saturated heterocycles. The topological polar surface area (TPSA) is 52.3 Å². The van der Waals surface area contributed by atoms with Crippen LogP contribution in [0.1, 0.15) is 11.1 Å². The van der Waals surface area contributed by atoms with E-state index in [4.69, 9.17) is 10.5 Å². The van der Waals surface area contributed by atoms with Crippen LogP contribution < -0.4 is 5.73 Å². The molecule has 16 heavy (non-hydrogen) atoms. The van der Waals surface area contributed by atoms with Crippen LogP contribution in [0.4, 0.5) is 0 Å². The summed E-state index contributed by atoms with van der Waals surface area (Å²) in [5.74, 6) is -0.332. The molecule has 1 aromatic rings. The second kappa shape index (κ2) is 6.66. The van der Waals surface area contributed by atoms with Crippen LogP contribution in [0.3, 0.4) is 0 Å². The number of nitrogens with two attached hydrogens (primary N) is 1. The monoisotopic (exact) mass is 285 g/mol. The van der Waals surface area contributed by atoms with Gasteiger partial charge in [-0.05, 0) is 24.0 Å². The van der Waals surface area contributed by atoms with E-state index in [2.05, 4.69) is 22.0 Å². The molecule has 0 radical (unpaired) electrons. The summed E-state index contributed by atoms with van der Waals surface area (Å²) in [4.78, 5) is 10.7. The molecule has 0 aliphatic carbocycles. The third-order valence-corrected chi connectivity index (χ3v) is 3.18. The Labute approximate surface area is 104 Å². The molecule has 2 N–H and O–H groups in total. The minimum Gasteiger partial charge on any atom is -0.384 e. The van der Waals surface area contributed by atoms with E-state index in [9.17, 15) is 4.79 Å². The van der Waals surface area contributed by atoms with E-state index >= 15 is 0 Å². The maximum atomic E-state index is 11.0. The number of alkyl halides is 1. The summed E-state index contributed by atoms with van der Waals surface area (Å²) in [6.07, 6.45) is 1.47. The summed E-state index contributed by atoms with van der Waals surface area (Å²) < 4.78 is 5.05. The first-order valence-electron chi connectivity index (χ1n) is 5.14. The largest absolute Gasteiger partial charge is 0.384 e. The van der Waals surface area contributed by atoms with Gasteiger partial charge in [-0.15, -0.1) is 0 Å². The molecule has 1 amide bonds. The molecule has 1 unspecified atom stereocenters. The van der Waals surface area contributed by atoms with Gasteiger partial charge in [0.1, 0.15) is 0 Å². The van der Waals surface area contributed by atoms with Crippen LogP contribution in [-0.4, -0.2) is 24.5 Å². The third-order valence-electron chi connectivity index (χ3n) is 2.40. The number of carbonyl (C=O) groups is 1. The first kappa shape index (κ1) is 13.2. The van der Waals surface area contributed by atoms with Crippen molar-refractivity contribution in [3.8, 4) is 0 Å². The number of benzene rings is 1. The van der Waals surface area contributed by atoms with E-state index in [0.29, 0.717) is 13.0 Å². The van der Waals surface area contributed by atoms with Crippen molar-refractivity contribution in [2.75, 3.05) is 13.7 Å². The van der Waals surface area contributed by atoms with Crippen molar-refractivity contribution in [1.82, 2.24) is 0 Å². The number of halogens is 1. The van der Waals surface area contributed by atoms with Gasteiger partial charge in [-0.25, -0.2) is 0 Å². The van der Waals surface area contributed by atoms with E-state index in [1.54, 1.807) is 7.11 Å². The maximum Gasteiger partial charge on any atom is 0.231 e. The van der Waals surface area contributed by atoms with Crippen LogP contribution >= 0.6 is 15.9 Å². The van der Waals surface area contributed by atoms with Gasteiger partial charge in [0.05, 0.1) is 11.4 Å². The maximum absolute atomic E-state index is 11.0. The van der Waals surface area contributed by atoms with Gasteiger partial charge in [-0.2, -0.15) is 0 Å². The SMILES string of the molecule is COCCc1ccccc1CC(Br)C(N)=O. The summed E-state index contributed by atoms with van der Waals surface area (Å²) in [5.41, 5.74) is 7.57. The van der Waals surface area contributed by atoms with Crippen LogP contribution in [0.5, 0.6) is 0 Å². The van der Waals surface area contributed by atoms with E-state index < -0.39 is 0 Å². The standard InChI is InChI=1S/C12H16BrNO2/c1-16-7-6-9-4-2-3-5-10(9)8-11(13)12(14)15/h2-5,11H,6-8H2,1H3,(H2,14,15). The van der Waals surface area contributed by atoms with Crippen LogP contribution in [0.15, 0.2) is 24.3 Å². The number of hydrogen-bond acceptors (Lipinski definition) is 2. The van der Waals surface area contributed by atoms with Gasteiger partial charge in [0.2, 0.25) is 5.91 Å². The highest BCUT2D eigenvalue weighted by atomic mass is 79.9. The van der Waals surface area contributed by atoms with Crippen molar-refractivity contribution in [1.29, 1.82) is 0 Å². The lowest BCUT2D eigenvalue weighted by molar-refractivity contribution is -0.117. The fraction of sp³-hybridized carbons (Fsp3) is 0.417. The molecular formula is C12H16BrNO2. The average Bonchev–Trinajstić information content (AvgIpc) is 2.27. The van der Waals surface area contributed by atoms with Crippen LogP contribution in [0.2, 0.25) is 0 Å². The van der Waals surface area contributed by atoms with Gasteiger partial charge < -0.3 is 10.5 Å². The molecule has 4 heteroatoms. The first-order chi connectivity index (χ1) is 7.65. The lowest BCUT2D eigenvalue weighted by atomic mass is 10.0. The molecule has 0 spiro atoms. The number of ether oxygens (including phenoxy) is 1. The van der Waals surface area contributed by atoms with Gasteiger partial charge >= 0.3 is 0 Å². The van der Waals surface area contributed by atoms with Gasteiger partial charge in [-0.3, -0.25) is 4.79 Å². The molecule has 3 nitrogen and oxygen atoms in total. The van der Waals surface area contributed by atoms with E-state index in [1.165, 1.54) is 5.56 Å². The highest BCUT2D eigenvalue weighted by Gasteiger charge is 2.13. The molecule has 1 atom stereocenters. The van der Waals surface area contributed by atoms with Gasteiger partial charge in [-0.1, -0.05) is 40.2 Å². The molecular weight excluding hydrogens is 270 g/mol. The quantitative estimate of drug-likeness (QED) is 0.809. The zero-order chi connectivity index (χ0) is 12.0. The lowest BCUT2D eigenvalue weighted by Crippen LogP contribution is -2.25. The minimum atomic E-state index is -0.332. The molecule has 0 bridgehead atoms. The zero-order valence-electron chi connectivity index (χ0n) is 9.28. The second-order valence-electron chi connectivity index (χ2n) is 3.59. The highest BCUT2D eigenvalue weighted by Crippen LogP contribution is 2.15. The fourth-order valence-corrected chi connectivity index (χ4v) is 1.85. The molecule has 0 aliphatic rings. The molecule has 1 rings (SSSR count). The minimum absolute atomic E-state index is 0.309. The lowest BCUT2D eigenvalue weighted by Gasteiger charge is -2.11. The Morgan fingerprint density at radius 2 is 2.06 bits per heavy atom. The van der Waals surface area contributed by atoms with E-state index in [0.717, 1.165) is 12.0 Å². The molecule has 0 aromatic heterocycles. The second-order valence-corrected chi connectivity index (χ2v) is 4.69. The Morgan fingerprint density at radius 3 is 2.62 bits per heavy atom. The zero-order valence-corrected chi connectivity index (χ0v) is 10.9. The number of amides is 1. The van der Waals surface area contributed by atoms with Crippen molar-refractivity contribution in [3.05, 3.63) is 35.4 Å². The molecule has 88 valence electrons. The molecule has 1 aromatic carbocycles.